The van der Waals surface area contributed by atoms with Gasteiger partial charge in [0.15, 0.2) is 5.13 Å². The Morgan fingerprint density at radius 1 is 1.07 bits per heavy atom. The molecule has 0 radical (unpaired) electrons. The first-order chi connectivity index (χ1) is 13.4. The molecule has 3 aromatic rings. The van der Waals surface area contributed by atoms with Gasteiger partial charge in [-0.2, -0.15) is 0 Å². The Balaban J connectivity index is 1.58. The van der Waals surface area contributed by atoms with E-state index in [1.165, 1.54) is 42.2 Å². The van der Waals surface area contributed by atoms with Crippen LogP contribution in [0.15, 0.2) is 58.8 Å². The SMILES string of the molecule is CC(=O)Nc1ccc(SC(C)C(=O)Nc2nc(-c3ccc(F)cc3)cs2)cc1. The van der Waals surface area contributed by atoms with E-state index in [1.807, 2.05) is 24.4 Å². The average molecular weight is 416 g/mol. The molecule has 0 aliphatic rings. The van der Waals surface area contributed by atoms with E-state index in [9.17, 15) is 14.0 Å². The van der Waals surface area contributed by atoms with Crippen molar-refractivity contribution >= 4 is 45.7 Å². The van der Waals surface area contributed by atoms with Crippen LogP contribution in [0, 0.1) is 5.82 Å². The molecule has 5 nitrogen and oxygen atoms in total. The second kappa shape index (κ2) is 8.99. The second-order valence-electron chi connectivity index (χ2n) is 6.00. The van der Waals surface area contributed by atoms with E-state index in [-0.39, 0.29) is 22.9 Å². The fourth-order valence-corrected chi connectivity index (χ4v) is 3.96. The van der Waals surface area contributed by atoms with Crippen LogP contribution in [0.2, 0.25) is 0 Å². The standard InChI is InChI=1S/C20H18FN3O2S2/c1-12(28-17-9-7-16(8-10-17)22-13(2)25)19(26)24-20-23-18(11-27-20)14-3-5-15(21)6-4-14/h3-12H,1-2H3,(H,22,25)(H,23,24,26). The molecule has 0 aliphatic carbocycles. The van der Waals surface area contributed by atoms with Gasteiger partial charge >= 0.3 is 0 Å². The van der Waals surface area contributed by atoms with E-state index >= 15 is 0 Å². The maximum Gasteiger partial charge on any atom is 0.239 e. The molecular formula is C20H18FN3O2S2. The summed E-state index contributed by atoms with van der Waals surface area (Å²) >= 11 is 2.74. The smallest absolute Gasteiger partial charge is 0.239 e. The Hall–Kier alpha value is -2.71. The molecule has 28 heavy (non-hydrogen) atoms. The minimum Gasteiger partial charge on any atom is -0.326 e. The number of hydrogen-bond acceptors (Lipinski definition) is 5. The molecule has 3 rings (SSSR count). The van der Waals surface area contributed by atoms with Gasteiger partial charge in [0.05, 0.1) is 10.9 Å². The van der Waals surface area contributed by atoms with Crippen molar-refractivity contribution < 1.29 is 14.0 Å². The highest BCUT2D eigenvalue weighted by Crippen LogP contribution is 2.28. The third kappa shape index (κ3) is 5.40. The molecule has 8 heteroatoms. The zero-order chi connectivity index (χ0) is 20.1. The predicted octanol–water partition coefficient (Wildman–Crippen LogP) is 5.03. The number of amides is 2. The summed E-state index contributed by atoms with van der Waals surface area (Å²) in [6.07, 6.45) is 0. The fraction of sp³-hybridized carbons (Fsp3) is 0.150. The average Bonchev–Trinajstić information content (AvgIpc) is 3.12. The minimum atomic E-state index is -0.329. The largest absolute Gasteiger partial charge is 0.326 e. The van der Waals surface area contributed by atoms with Gasteiger partial charge in [-0.3, -0.25) is 9.59 Å². The number of thioether (sulfide) groups is 1. The lowest BCUT2D eigenvalue weighted by Crippen LogP contribution is -2.22. The zero-order valence-electron chi connectivity index (χ0n) is 15.2. The number of thiazole rings is 1. The number of halogens is 1. The maximum absolute atomic E-state index is 13.0. The highest BCUT2D eigenvalue weighted by atomic mass is 32.2. The normalized spacial score (nSPS) is 11.7. The summed E-state index contributed by atoms with van der Waals surface area (Å²) in [6, 6.07) is 13.4. The monoisotopic (exact) mass is 415 g/mol. The van der Waals surface area contributed by atoms with Gasteiger partial charge in [0, 0.05) is 28.5 Å². The third-order valence-corrected chi connectivity index (χ3v) is 5.60. The lowest BCUT2D eigenvalue weighted by molar-refractivity contribution is -0.115. The van der Waals surface area contributed by atoms with Crippen LogP contribution in [0.3, 0.4) is 0 Å². The van der Waals surface area contributed by atoms with E-state index in [1.54, 1.807) is 24.3 Å². The molecule has 2 aromatic carbocycles. The van der Waals surface area contributed by atoms with Crippen LogP contribution in [-0.2, 0) is 9.59 Å². The predicted molar refractivity (Wildman–Crippen MR) is 112 cm³/mol. The highest BCUT2D eigenvalue weighted by molar-refractivity contribution is 8.00. The number of benzene rings is 2. The summed E-state index contributed by atoms with van der Waals surface area (Å²) in [5.41, 5.74) is 2.19. The zero-order valence-corrected chi connectivity index (χ0v) is 16.9. The summed E-state index contributed by atoms with van der Waals surface area (Å²) in [5.74, 6) is -0.587. The summed E-state index contributed by atoms with van der Waals surface area (Å²) < 4.78 is 13.0. The van der Waals surface area contributed by atoms with Crippen LogP contribution >= 0.6 is 23.1 Å². The van der Waals surface area contributed by atoms with Gasteiger partial charge in [-0.1, -0.05) is 0 Å². The number of rotatable bonds is 6. The van der Waals surface area contributed by atoms with Gasteiger partial charge in [-0.05, 0) is 55.5 Å². The van der Waals surface area contributed by atoms with Crippen LogP contribution in [0.1, 0.15) is 13.8 Å². The van der Waals surface area contributed by atoms with Gasteiger partial charge in [0.2, 0.25) is 11.8 Å². The molecule has 0 saturated heterocycles. The second-order valence-corrected chi connectivity index (χ2v) is 8.27. The van der Waals surface area contributed by atoms with Crippen molar-refractivity contribution in [3.05, 3.63) is 59.7 Å². The minimum absolute atomic E-state index is 0.128. The van der Waals surface area contributed by atoms with Gasteiger partial charge in [-0.15, -0.1) is 23.1 Å². The van der Waals surface area contributed by atoms with Gasteiger partial charge in [-0.25, -0.2) is 9.37 Å². The van der Waals surface area contributed by atoms with Crippen LogP contribution in [-0.4, -0.2) is 22.0 Å². The molecule has 144 valence electrons. The fourth-order valence-electron chi connectivity index (χ4n) is 2.37. The molecule has 1 aromatic heterocycles. The molecule has 0 bridgehead atoms. The number of carbonyl (C=O) groups is 2. The molecule has 1 atom stereocenters. The van der Waals surface area contributed by atoms with Gasteiger partial charge in [0.25, 0.3) is 0 Å². The molecular weight excluding hydrogens is 397 g/mol. The molecule has 2 amide bonds. The first-order valence-corrected chi connectivity index (χ1v) is 10.2. The van der Waals surface area contributed by atoms with Crippen molar-refractivity contribution in [3.8, 4) is 11.3 Å². The summed E-state index contributed by atoms with van der Waals surface area (Å²) in [6.45, 7) is 3.27. The molecule has 1 heterocycles. The third-order valence-electron chi connectivity index (χ3n) is 3.73. The van der Waals surface area contributed by atoms with Crippen LogP contribution in [0.25, 0.3) is 11.3 Å². The van der Waals surface area contributed by atoms with Crippen molar-refractivity contribution in [1.29, 1.82) is 0 Å². The van der Waals surface area contributed by atoms with Crippen LogP contribution in [0.5, 0.6) is 0 Å². The number of nitrogens with one attached hydrogen (secondary N) is 2. The van der Waals surface area contributed by atoms with Crippen molar-refractivity contribution in [1.82, 2.24) is 4.98 Å². The Kier molecular flexibility index (Phi) is 6.43. The van der Waals surface area contributed by atoms with Gasteiger partial charge < -0.3 is 10.6 Å². The Morgan fingerprint density at radius 2 is 1.75 bits per heavy atom. The summed E-state index contributed by atoms with van der Waals surface area (Å²) in [7, 11) is 0. The molecule has 0 aliphatic heterocycles. The van der Waals surface area contributed by atoms with E-state index in [0.29, 0.717) is 16.5 Å². The summed E-state index contributed by atoms with van der Waals surface area (Å²) in [4.78, 5) is 28.8. The molecule has 0 fully saturated rings. The first-order valence-electron chi connectivity index (χ1n) is 8.47. The molecule has 0 saturated carbocycles. The van der Waals surface area contributed by atoms with Crippen molar-refractivity contribution in [2.75, 3.05) is 10.6 Å². The number of carbonyl (C=O) groups excluding carboxylic acids is 2. The van der Waals surface area contributed by atoms with Crippen molar-refractivity contribution in [2.45, 2.75) is 24.0 Å². The Bertz CT molecular complexity index is 972. The van der Waals surface area contributed by atoms with Gasteiger partial charge in [0.1, 0.15) is 5.82 Å². The topological polar surface area (TPSA) is 71.1 Å². The Morgan fingerprint density at radius 3 is 2.39 bits per heavy atom. The first kappa shape index (κ1) is 20.0. The molecule has 2 N–H and O–H groups in total. The number of hydrogen-bond donors (Lipinski definition) is 2. The van der Waals surface area contributed by atoms with E-state index in [4.69, 9.17) is 0 Å². The molecule has 0 spiro atoms. The number of nitrogens with zero attached hydrogens (tertiary/aromatic N) is 1. The number of anilines is 2. The quantitative estimate of drug-likeness (QED) is 0.554. The summed E-state index contributed by atoms with van der Waals surface area (Å²) in [5, 5.41) is 7.51. The highest BCUT2D eigenvalue weighted by Gasteiger charge is 2.16. The maximum atomic E-state index is 13.0. The van der Waals surface area contributed by atoms with Crippen LogP contribution < -0.4 is 10.6 Å². The number of aromatic nitrogens is 1. The van der Waals surface area contributed by atoms with Crippen molar-refractivity contribution in [2.24, 2.45) is 0 Å². The van der Waals surface area contributed by atoms with E-state index < -0.39 is 0 Å². The van der Waals surface area contributed by atoms with Crippen molar-refractivity contribution in [3.63, 3.8) is 0 Å². The van der Waals surface area contributed by atoms with E-state index in [2.05, 4.69) is 15.6 Å². The molecule has 1 unspecified atom stereocenters. The van der Waals surface area contributed by atoms with Crippen LogP contribution in [0.4, 0.5) is 15.2 Å². The van der Waals surface area contributed by atoms with E-state index in [0.717, 1.165) is 10.5 Å². The Labute approximate surface area is 170 Å². The lowest BCUT2D eigenvalue weighted by Gasteiger charge is -2.11. The lowest BCUT2D eigenvalue weighted by atomic mass is 10.2.